The van der Waals surface area contributed by atoms with Gasteiger partial charge in [-0.2, -0.15) is 0 Å². The molecule has 2 atom stereocenters. The molecule has 0 radical (unpaired) electrons. The summed E-state index contributed by atoms with van der Waals surface area (Å²) in [6.07, 6.45) is 3.84. The SMILES string of the molecule is CNC(c1cc(Br)c(C)cc1Br)C1CCCCO1. The van der Waals surface area contributed by atoms with Crippen molar-refractivity contribution in [3.05, 3.63) is 32.2 Å². The quantitative estimate of drug-likeness (QED) is 0.846. The van der Waals surface area contributed by atoms with Gasteiger partial charge in [0.1, 0.15) is 0 Å². The molecule has 1 N–H and O–H groups in total. The Labute approximate surface area is 126 Å². The van der Waals surface area contributed by atoms with Gasteiger partial charge in [-0.3, -0.25) is 0 Å². The monoisotopic (exact) mass is 375 g/mol. The summed E-state index contributed by atoms with van der Waals surface area (Å²) < 4.78 is 8.21. The summed E-state index contributed by atoms with van der Waals surface area (Å²) in [5.41, 5.74) is 2.51. The number of rotatable bonds is 3. The van der Waals surface area contributed by atoms with Crippen molar-refractivity contribution < 1.29 is 4.74 Å². The molecule has 18 heavy (non-hydrogen) atoms. The summed E-state index contributed by atoms with van der Waals surface area (Å²) in [4.78, 5) is 0. The zero-order valence-electron chi connectivity index (χ0n) is 10.8. The second-order valence-corrected chi connectivity index (χ2v) is 6.50. The highest BCUT2D eigenvalue weighted by molar-refractivity contribution is 9.11. The highest BCUT2D eigenvalue weighted by Crippen LogP contribution is 2.34. The van der Waals surface area contributed by atoms with Crippen LogP contribution in [0, 0.1) is 6.92 Å². The van der Waals surface area contributed by atoms with E-state index in [-0.39, 0.29) is 12.1 Å². The van der Waals surface area contributed by atoms with Crippen molar-refractivity contribution in [3.63, 3.8) is 0 Å². The molecular formula is C14H19Br2NO. The lowest BCUT2D eigenvalue weighted by Crippen LogP contribution is -2.34. The van der Waals surface area contributed by atoms with Gasteiger partial charge in [-0.05, 0) is 56.5 Å². The van der Waals surface area contributed by atoms with E-state index in [1.807, 2.05) is 7.05 Å². The van der Waals surface area contributed by atoms with Gasteiger partial charge in [0.15, 0.2) is 0 Å². The summed E-state index contributed by atoms with van der Waals surface area (Å²) in [5, 5.41) is 3.40. The summed E-state index contributed by atoms with van der Waals surface area (Å²) in [5.74, 6) is 0. The average molecular weight is 377 g/mol. The molecule has 1 aliphatic heterocycles. The van der Waals surface area contributed by atoms with Gasteiger partial charge in [-0.15, -0.1) is 0 Å². The van der Waals surface area contributed by atoms with Crippen LogP contribution in [0.1, 0.15) is 36.4 Å². The van der Waals surface area contributed by atoms with E-state index in [2.05, 4.69) is 56.2 Å². The van der Waals surface area contributed by atoms with E-state index in [1.165, 1.54) is 24.0 Å². The Bertz CT molecular complexity index is 417. The van der Waals surface area contributed by atoms with Gasteiger partial charge in [0, 0.05) is 15.6 Å². The summed E-state index contributed by atoms with van der Waals surface area (Å²) >= 11 is 7.29. The highest BCUT2D eigenvalue weighted by atomic mass is 79.9. The lowest BCUT2D eigenvalue weighted by molar-refractivity contribution is -0.00677. The number of nitrogens with one attached hydrogen (secondary N) is 1. The fraction of sp³-hybridized carbons (Fsp3) is 0.571. The second kappa shape index (κ2) is 6.51. The number of ether oxygens (including phenoxy) is 1. The van der Waals surface area contributed by atoms with Crippen LogP contribution in [0.4, 0.5) is 0 Å². The van der Waals surface area contributed by atoms with Gasteiger partial charge in [-0.25, -0.2) is 0 Å². The Hall–Kier alpha value is 0.1000. The van der Waals surface area contributed by atoms with E-state index in [1.54, 1.807) is 0 Å². The standard InChI is InChI=1S/C14H19Br2NO/c1-9-7-12(16)10(8-11(9)15)14(17-2)13-5-3-4-6-18-13/h7-8,13-14,17H,3-6H2,1-2H3. The van der Waals surface area contributed by atoms with Crippen LogP contribution in [-0.2, 0) is 4.74 Å². The Balaban J connectivity index is 2.28. The predicted octanol–water partition coefficient (Wildman–Crippen LogP) is 4.35. The Morgan fingerprint density at radius 1 is 1.28 bits per heavy atom. The molecule has 0 saturated carbocycles. The van der Waals surface area contributed by atoms with Gasteiger partial charge < -0.3 is 10.1 Å². The molecule has 0 bridgehead atoms. The molecule has 1 fully saturated rings. The molecule has 2 nitrogen and oxygen atoms in total. The molecule has 1 aliphatic rings. The number of hydrogen-bond acceptors (Lipinski definition) is 2. The second-order valence-electron chi connectivity index (χ2n) is 4.79. The third-order valence-corrected chi connectivity index (χ3v) is 5.05. The first-order valence-electron chi connectivity index (χ1n) is 6.38. The third-order valence-electron chi connectivity index (χ3n) is 3.51. The Morgan fingerprint density at radius 3 is 2.67 bits per heavy atom. The minimum Gasteiger partial charge on any atom is -0.376 e. The summed E-state index contributed by atoms with van der Waals surface area (Å²) in [6, 6.07) is 4.60. The van der Waals surface area contributed by atoms with E-state index in [0.717, 1.165) is 22.0 Å². The fourth-order valence-corrected chi connectivity index (χ4v) is 3.54. The van der Waals surface area contributed by atoms with Crippen molar-refractivity contribution in [2.45, 2.75) is 38.3 Å². The molecule has 1 heterocycles. The maximum absolute atomic E-state index is 5.91. The summed E-state index contributed by atoms with van der Waals surface area (Å²) in [6.45, 7) is 2.98. The lowest BCUT2D eigenvalue weighted by Gasteiger charge is -2.31. The van der Waals surface area contributed by atoms with Crippen LogP contribution in [0.2, 0.25) is 0 Å². The zero-order chi connectivity index (χ0) is 13.1. The largest absolute Gasteiger partial charge is 0.376 e. The van der Waals surface area contributed by atoms with Crippen molar-refractivity contribution in [2.24, 2.45) is 0 Å². The molecule has 2 rings (SSSR count). The molecule has 0 amide bonds. The van der Waals surface area contributed by atoms with Crippen LogP contribution >= 0.6 is 31.9 Å². The minimum absolute atomic E-state index is 0.247. The van der Waals surface area contributed by atoms with Gasteiger partial charge >= 0.3 is 0 Å². The fourth-order valence-electron chi connectivity index (χ4n) is 2.47. The molecular weight excluding hydrogens is 358 g/mol. The third kappa shape index (κ3) is 3.16. The summed E-state index contributed by atoms with van der Waals surface area (Å²) in [7, 11) is 2.00. The van der Waals surface area contributed by atoms with Crippen LogP contribution < -0.4 is 5.32 Å². The molecule has 1 aromatic carbocycles. The van der Waals surface area contributed by atoms with Crippen LogP contribution in [0.25, 0.3) is 0 Å². The molecule has 1 aromatic rings. The van der Waals surface area contributed by atoms with Crippen molar-refractivity contribution in [1.29, 1.82) is 0 Å². The molecule has 0 aromatic heterocycles. The zero-order valence-corrected chi connectivity index (χ0v) is 14.0. The number of halogens is 2. The normalized spacial score (nSPS) is 21.9. The topological polar surface area (TPSA) is 21.3 Å². The van der Waals surface area contributed by atoms with E-state index in [0.29, 0.717) is 0 Å². The molecule has 4 heteroatoms. The number of hydrogen-bond donors (Lipinski definition) is 1. The van der Waals surface area contributed by atoms with Crippen molar-refractivity contribution in [2.75, 3.05) is 13.7 Å². The maximum atomic E-state index is 5.91. The van der Waals surface area contributed by atoms with E-state index in [9.17, 15) is 0 Å². The van der Waals surface area contributed by atoms with Crippen LogP contribution in [-0.4, -0.2) is 19.8 Å². The van der Waals surface area contributed by atoms with Gasteiger partial charge in [0.05, 0.1) is 12.1 Å². The molecule has 2 unspecified atom stereocenters. The lowest BCUT2D eigenvalue weighted by atomic mass is 9.95. The molecule has 0 spiro atoms. The molecule has 0 aliphatic carbocycles. The van der Waals surface area contributed by atoms with Crippen molar-refractivity contribution in [1.82, 2.24) is 5.32 Å². The predicted molar refractivity (Wildman–Crippen MR) is 82.0 cm³/mol. The van der Waals surface area contributed by atoms with Crippen LogP contribution in [0.15, 0.2) is 21.1 Å². The van der Waals surface area contributed by atoms with Gasteiger partial charge in [0.25, 0.3) is 0 Å². The van der Waals surface area contributed by atoms with E-state index in [4.69, 9.17) is 4.74 Å². The Kier molecular flexibility index (Phi) is 5.24. The Morgan fingerprint density at radius 2 is 2.06 bits per heavy atom. The highest BCUT2D eigenvalue weighted by Gasteiger charge is 2.26. The first kappa shape index (κ1) is 14.5. The minimum atomic E-state index is 0.247. The van der Waals surface area contributed by atoms with Crippen LogP contribution in [0.5, 0.6) is 0 Å². The van der Waals surface area contributed by atoms with Gasteiger partial charge in [-0.1, -0.05) is 31.9 Å². The van der Waals surface area contributed by atoms with Crippen molar-refractivity contribution >= 4 is 31.9 Å². The average Bonchev–Trinajstić information content (AvgIpc) is 2.38. The van der Waals surface area contributed by atoms with Crippen molar-refractivity contribution in [3.8, 4) is 0 Å². The molecule has 1 saturated heterocycles. The van der Waals surface area contributed by atoms with Gasteiger partial charge in [0.2, 0.25) is 0 Å². The number of benzene rings is 1. The number of aryl methyl sites for hydroxylation is 1. The maximum Gasteiger partial charge on any atom is 0.0770 e. The first-order valence-corrected chi connectivity index (χ1v) is 7.96. The van der Waals surface area contributed by atoms with E-state index >= 15 is 0 Å². The number of likely N-dealkylation sites (N-methyl/N-ethyl adjacent to an activating group) is 1. The van der Waals surface area contributed by atoms with Crippen LogP contribution in [0.3, 0.4) is 0 Å². The smallest absolute Gasteiger partial charge is 0.0770 e. The first-order chi connectivity index (χ1) is 8.63. The van der Waals surface area contributed by atoms with E-state index < -0.39 is 0 Å². The molecule has 100 valence electrons.